The lowest BCUT2D eigenvalue weighted by atomic mass is 9.78. The number of nitrogens with one attached hydrogen (secondary N) is 1. The van der Waals surface area contributed by atoms with Gasteiger partial charge >= 0.3 is 0 Å². The van der Waals surface area contributed by atoms with Gasteiger partial charge in [0.25, 0.3) is 0 Å². The summed E-state index contributed by atoms with van der Waals surface area (Å²) in [6, 6.07) is 0. The molecule has 0 aromatic heterocycles. The molecule has 1 amide bonds. The molecule has 2 N–H and O–H groups in total. The zero-order valence-electron chi connectivity index (χ0n) is 10.9. The lowest BCUT2D eigenvalue weighted by Gasteiger charge is -2.35. The molecule has 0 aromatic rings. The van der Waals surface area contributed by atoms with Crippen molar-refractivity contribution in [3.8, 4) is 0 Å². The summed E-state index contributed by atoms with van der Waals surface area (Å²) in [4.78, 5) is 11.5. The summed E-state index contributed by atoms with van der Waals surface area (Å²) in [5.74, 6) is 0.330. The van der Waals surface area contributed by atoms with Crippen LogP contribution in [0.25, 0.3) is 0 Å². The SMILES string of the molecule is C=CCCC(=O)NCC(C)(O)C1CCCCC1. The Morgan fingerprint density at radius 3 is 2.71 bits per heavy atom. The van der Waals surface area contributed by atoms with Crippen molar-refractivity contribution in [2.24, 2.45) is 5.92 Å². The van der Waals surface area contributed by atoms with Gasteiger partial charge in [-0.1, -0.05) is 25.3 Å². The molecule has 0 aliphatic heterocycles. The molecule has 1 unspecified atom stereocenters. The van der Waals surface area contributed by atoms with E-state index >= 15 is 0 Å². The first-order valence-corrected chi connectivity index (χ1v) is 6.66. The lowest BCUT2D eigenvalue weighted by molar-refractivity contribution is -0.122. The monoisotopic (exact) mass is 239 g/mol. The smallest absolute Gasteiger partial charge is 0.220 e. The molecule has 1 saturated carbocycles. The van der Waals surface area contributed by atoms with E-state index in [1.165, 1.54) is 19.3 Å². The van der Waals surface area contributed by atoms with Gasteiger partial charge in [0, 0.05) is 13.0 Å². The van der Waals surface area contributed by atoms with Gasteiger partial charge in [0.2, 0.25) is 5.91 Å². The molecule has 17 heavy (non-hydrogen) atoms. The van der Waals surface area contributed by atoms with Crippen LogP contribution < -0.4 is 5.32 Å². The predicted molar refractivity (Wildman–Crippen MR) is 69.6 cm³/mol. The number of carbonyl (C=O) groups is 1. The lowest BCUT2D eigenvalue weighted by Crippen LogP contribution is -2.46. The number of aliphatic hydroxyl groups is 1. The van der Waals surface area contributed by atoms with Crippen LogP contribution >= 0.6 is 0 Å². The number of hydrogen-bond donors (Lipinski definition) is 2. The summed E-state index contributed by atoms with van der Waals surface area (Å²) < 4.78 is 0. The summed E-state index contributed by atoms with van der Waals surface area (Å²) in [7, 11) is 0. The van der Waals surface area contributed by atoms with Gasteiger partial charge in [0.1, 0.15) is 0 Å². The van der Waals surface area contributed by atoms with Crippen LogP contribution in [0.3, 0.4) is 0 Å². The molecule has 0 radical (unpaired) electrons. The molecule has 3 nitrogen and oxygen atoms in total. The van der Waals surface area contributed by atoms with Crippen LogP contribution in [-0.2, 0) is 4.79 Å². The van der Waals surface area contributed by atoms with Crippen molar-refractivity contribution < 1.29 is 9.90 Å². The standard InChI is InChI=1S/C14H25NO2/c1-3-4-10-13(16)15-11-14(2,17)12-8-6-5-7-9-12/h3,12,17H,1,4-11H2,2H3,(H,15,16). The molecule has 98 valence electrons. The van der Waals surface area contributed by atoms with Crippen LogP contribution in [0.1, 0.15) is 51.9 Å². The number of allylic oxidation sites excluding steroid dienone is 1. The van der Waals surface area contributed by atoms with Crippen LogP contribution in [0.15, 0.2) is 12.7 Å². The van der Waals surface area contributed by atoms with Crippen molar-refractivity contribution in [1.82, 2.24) is 5.32 Å². The summed E-state index contributed by atoms with van der Waals surface area (Å²) in [6.07, 6.45) is 8.72. The van der Waals surface area contributed by atoms with E-state index in [2.05, 4.69) is 11.9 Å². The van der Waals surface area contributed by atoms with E-state index in [0.29, 0.717) is 25.3 Å². The van der Waals surface area contributed by atoms with Gasteiger partial charge in [0.15, 0.2) is 0 Å². The van der Waals surface area contributed by atoms with Crippen molar-refractivity contribution >= 4 is 5.91 Å². The normalized spacial score (nSPS) is 20.6. The van der Waals surface area contributed by atoms with E-state index in [-0.39, 0.29) is 5.91 Å². The minimum Gasteiger partial charge on any atom is -0.388 e. The Hall–Kier alpha value is -0.830. The highest BCUT2D eigenvalue weighted by atomic mass is 16.3. The Kier molecular flexibility index (Phi) is 5.69. The molecule has 1 fully saturated rings. The van der Waals surface area contributed by atoms with Crippen molar-refractivity contribution in [2.75, 3.05) is 6.54 Å². The average Bonchev–Trinajstić information content (AvgIpc) is 2.35. The zero-order valence-corrected chi connectivity index (χ0v) is 10.9. The topological polar surface area (TPSA) is 49.3 Å². The molecule has 1 atom stereocenters. The Bertz CT molecular complexity index is 255. The van der Waals surface area contributed by atoms with E-state index in [1.807, 2.05) is 6.92 Å². The van der Waals surface area contributed by atoms with Crippen LogP contribution in [0.5, 0.6) is 0 Å². The quantitative estimate of drug-likeness (QED) is 0.699. The first kappa shape index (κ1) is 14.2. The van der Waals surface area contributed by atoms with Gasteiger partial charge in [-0.15, -0.1) is 6.58 Å². The Morgan fingerprint density at radius 1 is 1.47 bits per heavy atom. The number of amides is 1. The highest BCUT2D eigenvalue weighted by Crippen LogP contribution is 2.32. The minimum absolute atomic E-state index is 0.000912. The molecule has 0 bridgehead atoms. The molecule has 0 spiro atoms. The summed E-state index contributed by atoms with van der Waals surface area (Å²) >= 11 is 0. The third-order valence-corrected chi connectivity index (χ3v) is 3.70. The highest BCUT2D eigenvalue weighted by Gasteiger charge is 2.32. The van der Waals surface area contributed by atoms with Gasteiger partial charge in [-0.2, -0.15) is 0 Å². The van der Waals surface area contributed by atoms with E-state index < -0.39 is 5.60 Å². The van der Waals surface area contributed by atoms with E-state index in [0.717, 1.165) is 12.8 Å². The van der Waals surface area contributed by atoms with E-state index in [9.17, 15) is 9.90 Å². The van der Waals surface area contributed by atoms with Crippen molar-refractivity contribution in [3.05, 3.63) is 12.7 Å². The first-order valence-electron chi connectivity index (χ1n) is 6.66. The third-order valence-electron chi connectivity index (χ3n) is 3.70. The average molecular weight is 239 g/mol. The second-order valence-electron chi connectivity index (χ2n) is 5.30. The third kappa shape index (κ3) is 4.90. The fraction of sp³-hybridized carbons (Fsp3) is 0.786. The largest absolute Gasteiger partial charge is 0.388 e. The van der Waals surface area contributed by atoms with E-state index in [1.54, 1.807) is 6.08 Å². The molecule has 1 aliphatic rings. The molecular weight excluding hydrogens is 214 g/mol. The van der Waals surface area contributed by atoms with Crippen LogP contribution in [-0.4, -0.2) is 23.2 Å². The Labute approximate surface area is 104 Å². The second kappa shape index (κ2) is 6.80. The van der Waals surface area contributed by atoms with Gasteiger partial charge < -0.3 is 10.4 Å². The van der Waals surface area contributed by atoms with Crippen LogP contribution in [0.4, 0.5) is 0 Å². The molecule has 3 heteroatoms. The fourth-order valence-electron chi connectivity index (χ4n) is 2.47. The van der Waals surface area contributed by atoms with Crippen LogP contribution in [0.2, 0.25) is 0 Å². The van der Waals surface area contributed by atoms with Gasteiger partial charge in [-0.05, 0) is 32.1 Å². The summed E-state index contributed by atoms with van der Waals surface area (Å²) in [5.41, 5.74) is -0.760. The van der Waals surface area contributed by atoms with Gasteiger partial charge in [-0.3, -0.25) is 4.79 Å². The molecule has 0 heterocycles. The summed E-state index contributed by atoms with van der Waals surface area (Å²) in [5, 5.41) is 13.2. The number of rotatable bonds is 6. The zero-order chi connectivity index (χ0) is 12.7. The molecule has 1 rings (SSSR count). The van der Waals surface area contributed by atoms with Crippen LogP contribution in [0, 0.1) is 5.92 Å². The minimum atomic E-state index is -0.760. The van der Waals surface area contributed by atoms with E-state index in [4.69, 9.17) is 0 Å². The highest BCUT2D eigenvalue weighted by molar-refractivity contribution is 5.76. The van der Waals surface area contributed by atoms with Gasteiger partial charge in [0.05, 0.1) is 5.60 Å². The fourth-order valence-corrected chi connectivity index (χ4v) is 2.47. The van der Waals surface area contributed by atoms with Gasteiger partial charge in [-0.25, -0.2) is 0 Å². The first-order chi connectivity index (χ1) is 8.06. The Balaban J connectivity index is 2.32. The molecular formula is C14H25NO2. The maximum atomic E-state index is 11.5. The molecule has 1 aliphatic carbocycles. The Morgan fingerprint density at radius 2 is 2.12 bits per heavy atom. The molecule has 0 aromatic carbocycles. The molecule has 0 saturated heterocycles. The van der Waals surface area contributed by atoms with Crippen molar-refractivity contribution in [1.29, 1.82) is 0 Å². The number of carbonyl (C=O) groups excluding carboxylic acids is 1. The summed E-state index contributed by atoms with van der Waals surface area (Å²) in [6.45, 7) is 5.80. The maximum absolute atomic E-state index is 11.5. The van der Waals surface area contributed by atoms with Crippen molar-refractivity contribution in [3.63, 3.8) is 0 Å². The maximum Gasteiger partial charge on any atom is 0.220 e. The predicted octanol–water partition coefficient (Wildman–Crippen LogP) is 2.40. The second-order valence-corrected chi connectivity index (χ2v) is 5.30. The van der Waals surface area contributed by atoms with Crippen molar-refractivity contribution in [2.45, 2.75) is 57.5 Å². The number of hydrogen-bond acceptors (Lipinski definition) is 2.